The van der Waals surface area contributed by atoms with E-state index in [1.54, 1.807) is 24.3 Å². The van der Waals surface area contributed by atoms with E-state index < -0.39 is 35.6 Å². The molecule has 1 spiro atoms. The molecule has 2 N–H and O–H groups in total. The van der Waals surface area contributed by atoms with Gasteiger partial charge in [0.2, 0.25) is 0 Å². The number of carbonyl (C=O) groups is 4. The lowest BCUT2D eigenvalue weighted by molar-refractivity contribution is -0.141. The quantitative estimate of drug-likeness (QED) is 0.457. The largest absolute Gasteiger partial charge is 0.497 e. The summed E-state index contributed by atoms with van der Waals surface area (Å²) in [7, 11) is 1.54. The van der Waals surface area contributed by atoms with Crippen LogP contribution in [-0.4, -0.2) is 70.7 Å². The molecule has 6 rings (SSSR count). The number of ether oxygens (including phenoxy) is 2. The number of carbonyl (C=O) groups excluding carboxylic acids is 3. The summed E-state index contributed by atoms with van der Waals surface area (Å²) >= 11 is 0. The number of urea groups is 1. The van der Waals surface area contributed by atoms with E-state index >= 15 is 0 Å². The van der Waals surface area contributed by atoms with Crippen molar-refractivity contribution in [2.24, 2.45) is 0 Å². The van der Waals surface area contributed by atoms with E-state index in [9.17, 15) is 24.3 Å². The van der Waals surface area contributed by atoms with Crippen molar-refractivity contribution in [2.75, 3.05) is 20.3 Å². The zero-order valence-corrected chi connectivity index (χ0v) is 21.7. The molecule has 3 aliphatic rings. The van der Waals surface area contributed by atoms with Crippen LogP contribution in [0, 0.1) is 0 Å². The standard InChI is InChI=1S/C30H27N3O7/c1-39-19-12-10-18(11-13-19)15-32-27(36)30(31-28(32)37)14-25(26(34)35)33(17-30)29(38)40-16-24-22-8-4-2-6-20(22)21-7-3-5-9-23(21)24/h2-13,24-25H,14-17H2,1H3,(H,31,37)(H,34,35)/t25-,30+/m0/s1. The van der Waals surface area contributed by atoms with Crippen molar-refractivity contribution >= 4 is 24.0 Å². The Morgan fingerprint density at radius 3 is 2.20 bits per heavy atom. The number of aliphatic carboxylic acids is 1. The average Bonchev–Trinajstić information content (AvgIpc) is 3.58. The average molecular weight is 542 g/mol. The fourth-order valence-corrected chi connectivity index (χ4v) is 5.97. The summed E-state index contributed by atoms with van der Waals surface area (Å²) < 4.78 is 10.8. The molecule has 0 unspecified atom stereocenters. The molecule has 0 aromatic heterocycles. The van der Waals surface area contributed by atoms with E-state index in [0.717, 1.165) is 32.1 Å². The van der Waals surface area contributed by atoms with Crippen LogP contribution in [0.15, 0.2) is 72.8 Å². The van der Waals surface area contributed by atoms with Gasteiger partial charge in [0.15, 0.2) is 0 Å². The molecular formula is C30H27N3O7. The van der Waals surface area contributed by atoms with Crippen molar-refractivity contribution in [1.29, 1.82) is 0 Å². The second-order valence-electron chi connectivity index (χ2n) is 10.2. The summed E-state index contributed by atoms with van der Waals surface area (Å²) in [6.45, 7) is -0.296. The number of hydrogen-bond donors (Lipinski definition) is 2. The first-order valence-electron chi connectivity index (χ1n) is 12.9. The van der Waals surface area contributed by atoms with Gasteiger partial charge in [-0.3, -0.25) is 14.6 Å². The number of likely N-dealkylation sites (tertiary alicyclic amines) is 1. The van der Waals surface area contributed by atoms with Gasteiger partial charge < -0.3 is 19.9 Å². The summed E-state index contributed by atoms with van der Waals surface area (Å²) in [5.41, 5.74) is 3.34. The maximum absolute atomic E-state index is 13.5. The summed E-state index contributed by atoms with van der Waals surface area (Å²) in [6.07, 6.45) is -1.10. The highest BCUT2D eigenvalue weighted by Crippen LogP contribution is 2.44. The van der Waals surface area contributed by atoms with Gasteiger partial charge in [-0.15, -0.1) is 0 Å². The van der Waals surface area contributed by atoms with Crippen molar-refractivity contribution in [3.05, 3.63) is 89.5 Å². The van der Waals surface area contributed by atoms with Gasteiger partial charge in [-0.2, -0.15) is 0 Å². The summed E-state index contributed by atoms with van der Waals surface area (Å²) in [5.74, 6) is -1.42. The maximum Gasteiger partial charge on any atom is 0.410 e. The third-order valence-electron chi connectivity index (χ3n) is 7.96. The second kappa shape index (κ2) is 9.71. The highest BCUT2D eigenvalue weighted by molar-refractivity contribution is 6.08. The number of hydrogen-bond acceptors (Lipinski definition) is 6. The van der Waals surface area contributed by atoms with E-state index in [1.807, 2.05) is 48.5 Å². The van der Waals surface area contributed by atoms with E-state index in [1.165, 1.54) is 7.11 Å². The van der Waals surface area contributed by atoms with Crippen LogP contribution in [0.4, 0.5) is 9.59 Å². The summed E-state index contributed by atoms with van der Waals surface area (Å²) in [4.78, 5) is 53.9. The van der Waals surface area contributed by atoms with Gasteiger partial charge in [-0.1, -0.05) is 60.7 Å². The van der Waals surface area contributed by atoms with Crippen molar-refractivity contribution in [1.82, 2.24) is 15.1 Å². The van der Waals surface area contributed by atoms with E-state index in [-0.39, 0.29) is 32.0 Å². The topological polar surface area (TPSA) is 125 Å². The fraction of sp³-hybridized carbons (Fsp3) is 0.267. The van der Waals surface area contributed by atoms with E-state index in [2.05, 4.69) is 5.32 Å². The van der Waals surface area contributed by atoms with Crippen LogP contribution in [0.5, 0.6) is 5.75 Å². The van der Waals surface area contributed by atoms with Gasteiger partial charge in [-0.05, 0) is 39.9 Å². The third-order valence-corrected chi connectivity index (χ3v) is 7.96. The third kappa shape index (κ3) is 4.12. The second-order valence-corrected chi connectivity index (χ2v) is 10.2. The predicted octanol–water partition coefficient (Wildman–Crippen LogP) is 3.59. The number of rotatable bonds is 6. The number of methoxy groups -OCH3 is 1. The highest BCUT2D eigenvalue weighted by Gasteiger charge is 2.60. The minimum Gasteiger partial charge on any atom is -0.497 e. The van der Waals surface area contributed by atoms with Crippen LogP contribution in [0.1, 0.15) is 29.0 Å². The Kier molecular flexibility index (Phi) is 6.17. The molecule has 3 aromatic carbocycles. The Morgan fingerprint density at radius 2 is 1.60 bits per heavy atom. The Morgan fingerprint density at radius 1 is 0.975 bits per heavy atom. The Labute approximate surface area is 230 Å². The molecule has 10 heteroatoms. The molecule has 0 radical (unpaired) electrons. The molecule has 3 aromatic rings. The summed E-state index contributed by atoms with van der Waals surface area (Å²) in [5, 5.41) is 12.6. The van der Waals surface area contributed by atoms with Crippen LogP contribution in [0.2, 0.25) is 0 Å². The number of benzene rings is 3. The molecule has 40 heavy (non-hydrogen) atoms. The minimum absolute atomic E-state index is 0.000899. The van der Waals surface area contributed by atoms with Crippen molar-refractivity contribution in [3.63, 3.8) is 0 Å². The first-order chi connectivity index (χ1) is 19.3. The number of amides is 4. The molecule has 0 bridgehead atoms. The van der Waals surface area contributed by atoms with Crippen LogP contribution in [-0.2, 0) is 20.9 Å². The van der Waals surface area contributed by atoms with Gasteiger partial charge in [0.25, 0.3) is 5.91 Å². The number of carboxylic acids is 1. The van der Waals surface area contributed by atoms with Gasteiger partial charge in [0, 0.05) is 12.3 Å². The molecule has 2 heterocycles. The lowest BCUT2D eigenvalue weighted by atomic mass is 9.96. The number of fused-ring (bicyclic) bond motifs is 3. The zero-order chi connectivity index (χ0) is 28.0. The number of imide groups is 1. The van der Waals surface area contributed by atoms with Gasteiger partial charge in [-0.25, -0.2) is 14.4 Å². The lowest BCUT2D eigenvalue weighted by Gasteiger charge is -2.23. The van der Waals surface area contributed by atoms with Gasteiger partial charge in [0.1, 0.15) is 23.9 Å². The van der Waals surface area contributed by atoms with Crippen LogP contribution >= 0.6 is 0 Å². The van der Waals surface area contributed by atoms with Crippen molar-refractivity contribution in [2.45, 2.75) is 30.5 Å². The lowest BCUT2D eigenvalue weighted by Crippen LogP contribution is -2.50. The van der Waals surface area contributed by atoms with E-state index in [4.69, 9.17) is 9.47 Å². The monoisotopic (exact) mass is 541 g/mol. The number of nitrogens with one attached hydrogen (secondary N) is 1. The Balaban J connectivity index is 1.19. The maximum atomic E-state index is 13.5. The van der Waals surface area contributed by atoms with Gasteiger partial charge in [0.05, 0.1) is 20.2 Å². The first-order valence-corrected chi connectivity index (χ1v) is 12.9. The molecule has 2 atom stereocenters. The van der Waals surface area contributed by atoms with Crippen LogP contribution in [0.25, 0.3) is 11.1 Å². The highest BCUT2D eigenvalue weighted by atomic mass is 16.6. The molecule has 2 fully saturated rings. The smallest absolute Gasteiger partial charge is 0.410 e. The predicted molar refractivity (Wildman–Crippen MR) is 143 cm³/mol. The van der Waals surface area contributed by atoms with Gasteiger partial charge >= 0.3 is 18.1 Å². The first kappa shape index (κ1) is 25.4. The van der Waals surface area contributed by atoms with Crippen molar-refractivity contribution < 1.29 is 33.8 Å². The van der Waals surface area contributed by atoms with Crippen LogP contribution in [0.3, 0.4) is 0 Å². The Hall–Kier alpha value is -4.86. The SMILES string of the molecule is COc1ccc(CN2C(=O)N[C@@]3(C[C@@H](C(=O)O)N(C(=O)OCC4c5ccccc5-c5ccccc54)C3)C2=O)cc1. The Bertz CT molecular complexity index is 1480. The summed E-state index contributed by atoms with van der Waals surface area (Å²) in [6, 6.07) is 20.7. The molecule has 0 saturated carbocycles. The molecule has 1 aliphatic carbocycles. The number of nitrogens with zero attached hydrogens (tertiary/aromatic N) is 2. The molecule has 204 valence electrons. The molecule has 10 nitrogen and oxygen atoms in total. The fourth-order valence-electron chi connectivity index (χ4n) is 5.97. The number of carboxylic acid groups (broad SMARTS) is 1. The zero-order valence-electron chi connectivity index (χ0n) is 21.7. The normalized spacial score (nSPS) is 21.4. The molecule has 4 amide bonds. The minimum atomic E-state index is -1.54. The van der Waals surface area contributed by atoms with Crippen LogP contribution < -0.4 is 10.1 Å². The van der Waals surface area contributed by atoms with E-state index in [0.29, 0.717) is 11.3 Å². The molecule has 2 saturated heterocycles. The molecule has 2 aliphatic heterocycles. The molecular weight excluding hydrogens is 514 g/mol. The van der Waals surface area contributed by atoms with Crippen molar-refractivity contribution in [3.8, 4) is 16.9 Å².